The van der Waals surface area contributed by atoms with Gasteiger partial charge in [-0.3, -0.25) is 0 Å². The monoisotopic (exact) mass is 448 g/mol. The van der Waals surface area contributed by atoms with Crippen LogP contribution in [0.25, 0.3) is 11.0 Å². The van der Waals surface area contributed by atoms with Gasteiger partial charge in [-0.15, -0.1) is 5.10 Å². The highest BCUT2D eigenvalue weighted by Crippen LogP contribution is 2.37. The van der Waals surface area contributed by atoms with Crippen LogP contribution in [0.4, 0.5) is 0 Å². The number of rotatable bonds is 7. The average molecular weight is 450 g/mol. The van der Waals surface area contributed by atoms with Gasteiger partial charge >= 0.3 is 0 Å². The Morgan fingerprint density at radius 1 is 1.41 bits per heavy atom. The first-order chi connectivity index (χ1) is 13.0. The van der Waals surface area contributed by atoms with Crippen LogP contribution in [0.2, 0.25) is 5.02 Å². The molecule has 0 bridgehead atoms. The van der Waals surface area contributed by atoms with Gasteiger partial charge in [0.2, 0.25) is 5.88 Å². The van der Waals surface area contributed by atoms with Crippen LogP contribution in [0.15, 0.2) is 28.9 Å². The molecule has 0 amide bonds. The number of hydrogen-bond donors (Lipinski definition) is 0. The molecule has 1 fully saturated rings. The highest BCUT2D eigenvalue weighted by Gasteiger charge is 2.24. The molecule has 0 saturated heterocycles. The molecule has 8 heteroatoms. The number of aromatic nitrogens is 4. The molecule has 140 valence electrons. The van der Waals surface area contributed by atoms with Gasteiger partial charge in [0.15, 0.2) is 0 Å². The summed E-state index contributed by atoms with van der Waals surface area (Å²) in [6, 6.07) is 5.62. The molecule has 2 aromatic heterocycles. The average Bonchev–Trinajstić information content (AvgIpc) is 3.36. The molecule has 1 aromatic carbocycles. The Hall–Kier alpha value is -1.99. The number of pyridine rings is 1. The summed E-state index contributed by atoms with van der Waals surface area (Å²) in [5, 5.41) is 9.08. The number of nitrogens with zero attached hydrogens (tertiary/aromatic N) is 4. The summed E-state index contributed by atoms with van der Waals surface area (Å²) in [7, 11) is 0. The second kappa shape index (κ2) is 7.56. The van der Waals surface area contributed by atoms with Crippen molar-refractivity contribution in [2.24, 2.45) is 5.92 Å². The van der Waals surface area contributed by atoms with Crippen molar-refractivity contribution in [2.75, 3.05) is 0 Å². The predicted octanol–water partition coefficient (Wildman–Crippen LogP) is 4.97. The van der Waals surface area contributed by atoms with E-state index in [9.17, 15) is 4.79 Å². The maximum Gasteiger partial charge on any atom is 0.222 e. The third-order valence-electron chi connectivity index (χ3n) is 4.56. The molecule has 1 saturated carbocycles. The van der Waals surface area contributed by atoms with Crippen molar-refractivity contribution < 1.29 is 9.53 Å². The molecule has 0 aliphatic heterocycles. The third kappa shape index (κ3) is 4.14. The van der Waals surface area contributed by atoms with Gasteiger partial charge in [0.05, 0.1) is 15.0 Å². The van der Waals surface area contributed by atoms with Gasteiger partial charge in [-0.1, -0.05) is 16.8 Å². The van der Waals surface area contributed by atoms with Crippen LogP contribution in [-0.2, 0) is 17.8 Å². The minimum Gasteiger partial charge on any atom is -0.437 e. The van der Waals surface area contributed by atoms with Gasteiger partial charge in [-0.25, -0.2) is 9.67 Å². The Morgan fingerprint density at radius 2 is 2.22 bits per heavy atom. The minimum absolute atomic E-state index is 0.107. The molecular formula is C19H18BrClN4O2. The van der Waals surface area contributed by atoms with Crippen molar-refractivity contribution in [1.82, 2.24) is 20.0 Å². The molecule has 0 spiro atoms. The molecule has 0 unspecified atom stereocenters. The van der Waals surface area contributed by atoms with Crippen molar-refractivity contribution in [3.05, 3.63) is 39.5 Å². The van der Waals surface area contributed by atoms with Crippen LogP contribution in [0, 0.1) is 5.92 Å². The lowest BCUT2D eigenvalue weighted by atomic mass is 10.1. The predicted molar refractivity (Wildman–Crippen MR) is 106 cm³/mol. The highest BCUT2D eigenvalue weighted by atomic mass is 79.9. The fourth-order valence-corrected chi connectivity index (χ4v) is 3.58. The van der Waals surface area contributed by atoms with Crippen LogP contribution >= 0.6 is 27.5 Å². The maximum absolute atomic E-state index is 11.3. The number of Topliss-reactive ketones (excluding diaryl/α,β-unsaturated/α-hetero) is 1. The number of aryl methyl sites for hydroxylation is 1. The molecule has 0 atom stereocenters. The largest absolute Gasteiger partial charge is 0.437 e. The Labute approximate surface area is 170 Å². The third-order valence-corrected chi connectivity index (χ3v) is 5.54. The lowest BCUT2D eigenvalue weighted by Crippen LogP contribution is -2.01. The molecule has 0 radical (unpaired) electrons. The van der Waals surface area contributed by atoms with E-state index in [-0.39, 0.29) is 5.78 Å². The number of ether oxygens (including phenoxy) is 1. The Balaban J connectivity index is 1.63. The molecule has 27 heavy (non-hydrogen) atoms. The van der Waals surface area contributed by atoms with Crippen LogP contribution < -0.4 is 4.74 Å². The SMILES string of the molecule is CC(=O)CCc1cc(Cl)cnc1Oc1ccc2c(nnn2CC2CC2)c1Br. The first-order valence-electron chi connectivity index (χ1n) is 8.84. The first kappa shape index (κ1) is 18.4. The molecular weight excluding hydrogens is 432 g/mol. The molecule has 4 rings (SSSR count). The number of benzene rings is 1. The van der Waals surface area contributed by atoms with Gasteiger partial charge in [0.25, 0.3) is 0 Å². The Morgan fingerprint density at radius 3 is 2.96 bits per heavy atom. The van der Waals surface area contributed by atoms with Gasteiger partial charge in [-0.05, 0) is 66.2 Å². The standard InChI is InChI=1S/C19H18BrClN4O2/c1-11(26)2-5-13-8-14(21)9-22-19(13)27-16-7-6-15-18(17(16)20)23-24-25(15)10-12-3-4-12/h6-9,12H,2-5,10H2,1H3. The second-order valence-electron chi connectivity index (χ2n) is 6.88. The van der Waals surface area contributed by atoms with Crippen molar-refractivity contribution in [2.45, 2.75) is 39.2 Å². The zero-order valence-electron chi connectivity index (χ0n) is 14.8. The van der Waals surface area contributed by atoms with E-state index in [4.69, 9.17) is 16.3 Å². The smallest absolute Gasteiger partial charge is 0.222 e. The fourth-order valence-electron chi connectivity index (χ4n) is 2.90. The van der Waals surface area contributed by atoms with Gasteiger partial charge < -0.3 is 9.53 Å². The van der Waals surface area contributed by atoms with Crippen molar-refractivity contribution in [1.29, 1.82) is 0 Å². The van der Waals surface area contributed by atoms with Crippen molar-refractivity contribution in [3.63, 3.8) is 0 Å². The minimum atomic E-state index is 0.107. The van der Waals surface area contributed by atoms with Gasteiger partial charge in [-0.2, -0.15) is 0 Å². The Bertz CT molecular complexity index is 1020. The first-order valence-corrected chi connectivity index (χ1v) is 10.0. The second-order valence-corrected chi connectivity index (χ2v) is 8.11. The van der Waals surface area contributed by atoms with E-state index in [1.165, 1.54) is 19.0 Å². The molecule has 3 aromatic rings. The maximum atomic E-state index is 11.3. The number of carbonyl (C=O) groups excluding carboxylic acids is 1. The number of ketones is 1. The molecule has 1 aliphatic carbocycles. The summed E-state index contributed by atoms with van der Waals surface area (Å²) in [4.78, 5) is 15.6. The number of carbonyl (C=O) groups is 1. The van der Waals surface area contributed by atoms with E-state index < -0.39 is 0 Å². The molecule has 1 aliphatic rings. The fraction of sp³-hybridized carbons (Fsp3) is 0.368. The van der Waals surface area contributed by atoms with Crippen molar-refractivity contribution >= 4 is 44.3 Å². The lowest BCUT2D eigenvalue weighted by molar-refractivity contribution is -0.116. The number of fused-ring (bicyclic) bond motifs is 1. The molecule has 2 heterocycles. The van der Waals surface area contributed by atoms with E-state index in [2.05, 4.69) is 31.2 Å². The molecule has 0 N–H and O–H groups in total. The van der Waals surface area contributed by atoms with Gasteiger partial charge in [0.1, 0.15) is 17.0 Å². The van der Waals surface area contributed by atoms with E-state index in [1.807, 2.05) is 16.8 Å². The summed E-state index contributed by atoms with van der Waals surface area (Å²) in [5.41, 5.74) is 2.52. The highest BCUT2D eigenvalue weighted by molar-refractivity contribution is 9.10. The Kier molecular flexibility index (Phi) is 5.14. The number of hydrogen-bond acceptors (Lipinski definition) is 5. The summed E-state index contributed by atoms with van der Waals surface area (Å²) in [5.74, 6) is 1.86. The summed E-state index contributed by atoms with van der Waals surface area (Å²) in [6.45, 7) is 2.46. The van der Waals surface area contributed by atoms with E-state index in [0.29, 0.717) is 35.4 Å². The molecule has 6 nitrogen and oxygen atoms in total. The van der Waals surface area contributed by atoms with Crippen LogP contribution in [0.3, 0.4) is 0 Å². The lowest BCUT2D eigenvalue weighted by Gasteiger charge is -2.11. The number of halogens is 2. The van der Waals surface area contributed by atoms with Crippen LogP contribution in [0.5, 0.6) is 11.6 Å². The van der Waals surface area contributed by atoms with Crippen molar-refractivity contribution in [3.8, 4) is 11.6 Å². The van der Waals surface area contributed by atoms with E-state index in [0.717, 1.165) is 27.6 Å². The quantitative estimate of drug-likeness (QED) is 0.509. The summed E-state index contributed by atoms with van der Waals surface area (Å²) >= 11 is 9.65. The summed E-state index contributed by atoms with van der Waals surface area (Å²) in [6.07, 6.45) is 4.99. The van der Waals surface area contributed by atoms with Crippen LogP contribution in [-0.4, -0.2) is 25.8 Å². The zero-order valence-corrected chi connectivity index (χ0v) is 17.1. The zero-order chi connectivity index (χ0) is 19.0. The van der Waals surface area contributed by atoms with E-state index in [1.54, 1.807) is 13.0 Å². The summed E-state index contributed by atoms with van der Waals surface area (Å²) < 4.78 is 8.71. The normalized spacial score (nSPS) is 13.9. The van der Waals surface area contributed by atoms with Crippen LogP contribution in [0.1, 0.15) is 31.7 Å². The topological polar surface area (TPSA) is 69.9 Å². The van der Waals surface area contributed by atoms with Gasteiger partial charge in [0, 0.05) is 24.7 Å². The van der Waals surface area contributed by atoms with E-state index >= 15 is 0 Å².